The largest absolute Gasteiger partial charge is 0.493 e. The molecule has 5 heteroatoms. The number of nitrogens with two attached hydrogens (primary N) is 1. The number of rotatable bonds is 7. The summed E-state index contributed by atoms with van der Waals surface area (Å²) in [7, 11) is 3.34. The van der Waals surface area contributed by atoms with Crippen molar-refractivity contribution in [2.45, 2.75) is 6.42 Å². The molecule has 118 valence electrons. The molecule has 1 fully saturated rings. The van der Waals surface area contributed by atoms with E-state index in [1.54, 1.807) is 14.2 Å². The van der Waals surface area contributed by atoms with Gasteiger partial charge in [0, 0.05) is 45.8 Å². The third kappa shape index (κ3) is 4.59. The molecule has 1 aliphatic heterocycles. The SMILES string of the molecule is COc1ccc(CCN2CCN(CCN)CC2)cc1OC. The second-order valence-electron chi connectivity index (χ2n) is 5.41. The summed E-state index contributed by atoms with van der Waals surface area (Å²) < 4.78 is 10.6. The molecule has 0 radical (unpaired) electrons. The van der Waals surface area contributed by atoms with Gasteiger partial charge in [-0.15, -0.1) is 0 Å². The maximum atomic E-state index is 5.60. The van der Waals surface area contributed by atoms with Crippen molar-refractivity contribution in [3.63, 3.8) is 0 Å². The number of benzene rings is 1. The lowest BCUT2D eigenvalue weighted by Crippen LogP contribution is -2.48. The van der Waals surface area contributed by atoms with Crippen molar-refractivity contribution in [3.05, 3.63) is 23.8 Å². The number of hydrogen-bond acceptors (Lipinski definition) is 5. The summed E-state index contributed by atoms with van der Waals surface area (Å²) in [5.74, 6) is 1.60. The Morgan fingerprint density at radius 1 is 0.952 bits per heavy atom. The molecule has 1 heterocycles. The molecule has 0 saturated carbocycles. The van der Waals surface area contributed by atoms with Crippen molar-refractivity contribution >= 4 is 0 Å². The zero-order valence-corrected chi connectivity index (χ0v) is 13.2. The second-order valence-corrected chi connectivity index (χ2v) is 5.41. The summed E-state index contributed by atoms with van der Waals surface area (Å²) in [5.41, 5.74) is 6.89. The predicted octanol–water partition coefficient (Wildman–Crippen LogP) is 0.823. The number of methoxy groups -OCH3 is 2. The lowest BCUT2D eigenvalue weighted by molar-refractivity contribution is 0.136. The van der Waals surface area contributed by atoms with Gasteiger partial charge >= 0.3 is 0 Å². The monoisotopic (exact) mass is 293 g/mol. The molecule has 21 heavy (non-hydrogen) atoms. The molecule has 0 amide bonds. The summed E-state index contributed by atoms with van der Waals surface area (Å²) >= 11 is 0. The van der Waals surface area contributed by atoms with Crippen molar-refractivity contribution in [1.29, 1.82) is 0 Å². The summed E-state index contributed by atoms with van der Waals surface area (Å²) in [6, 6.07) is 6.17. The first-order valence-corrected chi connectivity index (χ1v) is 7.62. The molecule has 1 aromatic rings. The maximum absolute atomic E-state index is 5.60. The van der Waals surface area contributed by atoms with Crippen LogP contribution in [0.2, 0.25) is 0 Å². The second kappa shape index (κ2) is 8.22. The Morgan fingerprint density at radius 3 is 2.14 bits per heavy atom. The molecule has 5 nitrogen and oxygen atoms in total. The van der Waals surface area contributed by atoms with E-state index in [9.17, 15) is 0 Å². The van der Waals surface area contributed by atoms with Gasteiger partial charge in [0.1, 0.15) is 0 Å². The average Bonchev–Trinajstić information content (AvgIpc) is 2.54. The Kier molecular flexibility index (Phi) is 6.29. The lowest BCUT2D eigenvalue weighted by Gasteiger charge is -2.34. The standard InChI is InChI=1S/C16H27N3O2/c1-20-15-4-3-14(13-16(15)21-2)5-7-18-9-11-19(8-6-17)12-10-18/h3-4,13H,5-12,17H2,1-2H3. The summed E-state index contributed by atoms with van der Waals surface area (Å²) in [6.07, 6.45) is 1.04. The van der Waals surface area contributed by atoms with Crippen LogP contribution in [0.1, 0.15) is 5.56 Å². The lowest BCUT2D eigenvalue weighted by atomic mass is 10.1. The highest BCUT2D eigenvalue weighted by molar-refractivity contribution is 5.42. The van der Waals surface area contributed by atoms with Crippen molar-refractivity contribution in [3.8, 4) is 11.5 Å². The van der Waals surface area contributed by atoms with Crippen LogP contribution in [0.5, 0.6) is 11.5 Å². The van der Waals surface area contributed by atoms with Crippen LogP contribution in [0.15, 0.2) is 18.2 Å². The number of nitrogens with zero attached hydrogens (tertiary/aromatic N) is 2. The third-order valence-corrected chi connectivity index (χ3v) is 4.07. The Morgan fingerprint density at radius 2 is 1.57 bits per heavy atom. The van der Waals surface area contributed by atoms with E-state index < -0.39 is 0 Å². The van der Waals surface area contributed by atoms with Gasteiger partial charge in [-0.05, 0) is 24.1 Å². The predicted molar refractivity (Wildman–Crippen MR) is 85.2 cm³/mol. The van der Waals surface area contributed by atoms with E-state index in [0.29, 0.717) is 0 Å². The Hall–Kier alpha value is -1.30. The van der Waals surface area contributed by atoms with Crippen molar-refractivity contribution in [2.24, 2.45) is 5.73 Å². The molecule has 0 bridgehead atoms. The van der Waals surface area contributed by atoms with E-state index in [4.69, 9.17) is 15.2 Å². The molecular formula is C16H27N3O2. The average molecular weight is 293 g/mol. The molecule has 0 aromatic heterocycles. The topological polar surface area (TPSA) is 51.0 Å². The molecule has 2 rings (SSSR count). The third-order valence-electron chi connectivity index (χ3n) is 4.07. The van der Waals surface area contributed by atoms with Crippen LogP contribution in [-0.4, -0.2) is 69.8 Å². The Labute approximate surface area is 127 Å². The molecule has 1 aliphatic rings. The van der Waals surface area contributed by atoms with E-state index in [2.05, 4.69) is 21.9 Å². The van der Waals surface area contributed by atoms with Gasteiger partial charge in [0.05, 0.1) is 14.2 Å². The van der Waals surface area contributed by atoms with E-state index in [0.717, 1.165) is 63.7 Å². The quantitative estimate of drug-likeness (QED) is 0.807. The number of ether oxygens (including phenoxy) is 2. The fraction of sp³-hybridized carbons (Fsp3) is 0.625. The van der Waals surface area contributed by atoms with Gasteiger partial charge in [0.15, 0.2) is 11.5 Å². The van der Waals surface area contributed by atoms with Gasteiger partial charge in [-0.3, -0.25) is 4.90 Å². The minimum atomic E-state index is 0.756. The number of hydrogen-bond donors (Lipinski definition) is 1. The highest BCUT2D eigenvalue weighted by Gasteiger charge is 2.15. The van der Waals surface area contributed by atoms with Crippen LogP contribution < -0.4 is 15.2 Å². The van der Waals surface area contributed by atoms with Crippen LogP contribution in [0.25, 0.3) is 0 Å². The number of piperazine rings is 1. The van der Waals surface area contributed by atoms with E-state index >= 15 is 0 Å². The Balaban J connectivity index is 1.81. The van der Waals surface area contributed by atoms with Crippen molar-refractivity contribution in [2.75, 3.05) is 60.0 Å². The maximum Gasteiger partial charge on any atom is 0.160 e. The van der Waals surface area contributed by atoms with Gasteiger partial charge < -0.3 is 20.1 Å². The van der Waals surface area contributed by atoms with Gasteiger partial charge in [0.2, 0.25) is 0 Å². The minimum Gasteiger partial charge on any atom is -0.493 e. The highest BCUT2D eigenvalue weighted by atomic mass is 16.5. The smallest absolute Gasteiger partial charge is 0.160 e. The fourth-order valence-corrected chi connectivity index (χ4v) is 2.74. The molecule has 1 saturated heterocycles. The first-order valence-electron chi connectivity index (χ1n) is 7.62. The van der Waals surface area contributed by atoms with Crippen molar-refractivity contribution < 1.29 is 9.47 Å². The molecule has 0 aliphatic carbocycles. The van der Waals surface area contributed by atoms with Crippen LogP contribution >= 0.6 is 0 Å². The van der Waals surface area contributed by atoms with Crippen LogP contribution in [0.4, 0.5) is 0 Å². The van der Waals surface area contributed by atoms with Crippen LogP contribution in [-0.2, 0) is 6.42 Å². The highest BCUT2D eigenvalue weighted by Crippen LogP contribution is 2.27. The summed E-state index contributed by atoms with van der Waals surface area (Å²) in [5, 5.41) is 0. The van der Waals surface area contributed by atoms with Gasteiger partial charge in [-0.25, -0.2) is 0 Å². The molecular weight excluding hydrogens is 266 g/mol. The van der Waals surface area contributed by atoms with Gasteiger partial charge in [-0.1, -0.05) is 6.07 Å². The van der Waals surface area contributed by atoms with E-state index in [1.165, 1.54) is 5.56 Å². The molecule has 0 unspecified atom stereocenters. The zero-order valence-electron chi connectivity index (χ0n) is 13.2. The van der Waals surface area contributed by atoms with Crippen LogP contribution in [0.3, 0.4) is 0 Å². The summed E-state index contributed by atoms with van der Waals surface area (Å²) in [6.45, 7) is 7.38. The zero-order chi connectivity index (χ0) is 15.1. The van der Waals surface area contributed by atoms with E-state index in [-0.39, 0.29) is 0 Å². The minimum absolute atomic E-state index is 0.756. The normalized spacial score (nSPS) is 16.9. The Bertz CT molecular complexity index is 432. The van der Waals surface area contributed by atoms with Gasteiger partial charge in [-0.2, -0.15) is 0 Å². The van der Waals surface area contributed by atoms with E-state index in [1.807, 2.05) is 6.07 Å². The summed E-state index contributed by atoms with van der Waals surface area (Å²) in [4.78, 5) is 4.95. The van der Waals surface area contributed by atoms with Gasteiger partial charge in [0.25, 0.3) is 0 Å². The molecule has 2 N–H and O–H groups in total. The molecule has 1 aromatic carbocycles. The first kappa shape index (κ1) is 16.1. The van der Waals surface area contributed by atoms with Crippen molar-refractivity contribution in [1.82, 2.24) is 9.80 Å². The van der Waals surface area contributed by atoms with Crippen LogP contribution in [0, 0.1) is 0 Å². The first-order chi connectivity index (χ1) is 10.3. The molecule has 0 atom stereocenters. The molecule has 0 spiro atoms. The fourth-order valence-electron chi connectivity index (χ4n) is 2.74.